The van der Waals surface area contributed by atoms with Gasteiger partial charge < -0.3 is 9.67 Å². The highest BCUT2D eigenvalue weighted by Gasteiger charge is 2.09. The van der Waals surface area contributed by atoms with Gasteiger partial charge in [-0.2, -0.15) is 5.10 Å². The quantitative estimate of drug-likeness (QED) is 0.786. The summed E-state index contributed by atoms with van der Waals surface area (Å²) >= 11 is 3.34. The summed E-state index contributed by atoms with van der Waals surface area (Å²) in [6.07, 6.45) is 4.93. The van der Waals surface area contributed by atoms with Crippen molar-refractivity contribution >= 4 is 27.4 Å². The van der Waals surface area contributed by atoms with E-state index >= 15 is 0 Å². The summed E-state index contributed by atoms with van der Waals surface area (Å²) < 4.78 is 3.72. The predicted molar refractivity (Wildman–Crippen MR) is 79.7 cm³/mol. The van der Waals surface area contributed by atoms with Gasteiger partial charge in [0.15, 0.2) is 0 Å². The second-order valence-corrected chi connectivity index (χ2v) is 5.36. The van der Waals surface area contributed by atoms with Crippen LogP contribution in [0, 0.1) is 0 Å². The second-order valence-electron chi connectivity index (χ2n) is 4.50. The molecule has 1 N–H and O–H groups in total. The normalized spacial score (nSPS) is 10.9. The molecule has 2 aromatic heterocycles. The third-order valence-electron chi connectivity index (χ3n) is 3.18. The van der Waals surface area contributed by atoms with Crippen molar-refractivity contribution in [2.45, 2.75) is 6.54 Å². The summed E-state index contributed by atoms with van der Waals surface area (Å²) in [4.78, 5) is 23.2. The highest BCUT2D eigenvalue weighted by Crippen LogP contribution is 2.19. The highest BCUT2D eigenvalue weighted by molar-refractivity contribution is 9.10. The van der Waals surface area contributed by atoms with Crippen LogP contribution in [0.3, 0.4) is 0 Å². The van der Waals surface area contributed by atoms with Crippen molar-refractivity contribution in [2.24, 2.45) is 0 Å². The minimum absolute atomic E-state index is 0.149. The van der Waals surface area contributed by atoms with E-state index < -0.39 is 5.97 Å². The van der Waals surface area contributed by atoms with Crippen LogP contribution in [-0.2, 0) is 6.54 Å². The number of carboxylic acid groups (broad SMARTS) is 1. The largest absolute Gasteiger partial charge is 0.478 e. The van der Waals surface area contributed by atoms with E-state index in [2.05, 4.69) is 21.0 Å². The van der Waals surface area contributed by atoms with Gasteiger partial charge in [-0.05, 0) is 23.8 Å². The zero-order chi connectivity index (χ0) is 15.0. The summed E-state index contributed by atoms with van der Waals surface area (Å²) in [5.74, 6) is -0.986. The molecule has 0 bridgehead atoms. The maximum Gasteiger partial charge on any atom is 0.335 e. The van der Waals surface area contributed by atoms with E-state index in [0.29, 0.717) is 16.5 Å². The Labute approximate surface area is 127 Å². The van der Waals surface area contributed by atoms with Crippen molar-refractivity contribution in [3.05, 3.63) is 68.8 Å². The third kappa shape index (κ3) is 2.47. The fourth-order valence-electron chi connectivity index (χ4n) is 2.08. The molecule has 0 aliphatic carbocycles. The van der Waals surface area contributed by atoms with Gasteiger partial charge in [0.2, 0.25) is 0 Å². The van der Waals surface area contributed by atoms with Gasteiger partial charge in [0, 0.05) is 16.9 Å². The van der Waals surface area contributed by atoms with Gasteiger partial charge in [-0.3, -0.25) is 4.79 Å². The molecule has 0 saturated carbocycles. The van der Waals surface area contributed by atoms with Crippen molar-refractivity contribution in [2.75, 3.05) is 0 Å². The van der Waals surface area contributed by atoms with Crippen LogP contribution in [0.15, 0.2) is 52.1 Å². The van der Waals surface area contributed by atoms with E-state index in [0.717, 1.165) is 5.56 Å². The molecule has 1 aromatic carbocycles. The Kier molecular flexibility index (Phi) is 3.34. The lowest BCUT2D eigenvalue weighted by molar-refractivity contribution is 0.0697. The van der Waals surface area contributed by atoms with Gasteiger partial charge in [-0.15, -0.1) is 0 Å². The molecule has 0 fully saturated rings. The van der Waals surface area contributed by atoms with Crippen LogP contribution in [0.2, 0.25) is 0 Å². The predicted octanol–water partition coefficient (Wildman–Crippen LogP) is 2.00. The van der Waals surface area contributed by atoms with Crippen molar-refractivity contribution in [1.29, 1.82) is 0 Å². The molecule has 3 rings (SSSR count). The number of carbonyl (C=O) groups is 1. The molecule has 106 valence electrons. The first kappa shape index (κ1) is 13.6. The highest BCUT2D eigenvalue weighted by atomic mass is 79.9. The van der Waals surface area contributed by atoms with Crippen LogP contribution < -0.4 is 5.56 Å². The van der Waals surface area contributed by atoms with Crippen LogP contribution in [0.4, 0.5) is 0 Å². The van der Waals surface area contributed by atoms with E-state index in [9.17, 15) is 9.59 Å². The smallest absolute Gasteiger partial charge is 0.335 e. The molecule has 7 heteroatoms. The number of rotatable bonds is 3. The lowest BCUT2D eigenvalue weighted by Gasteiger charge is -2.09. The molecule has 21 heavy (non-hydrogen) atoms. The maximum absolute atomic E-state index is 12.3. The Morgan fingerprint density at radius 2 is 2.10 bits per heavy atom. The lowest BCUT2D eigenvalue weighted by Crippen LogP contribution is -2.22. The maximum atomic E-state index is 12.3. The zero-order valence-electron chi connectivity index (χ0n) is 10.7. The number of hydrogen-bond donors (Lipinski definition) is 1. The molecule has 3 aromatic rings. The molecular weight excluding hydrogens is 338 g/mol. The van der Waals surface area contributed by atoms with Crippen LogP contribution >= 0.6 is 15.9 Å². The Morgan fingerprint density at radius 1 is 1.29 bits per heavy atom. The molecule has 0 spiro atoms. The van der Waals surface area contributed by atoms with Gasteiger partial charge in [-0.25, -0.2) is 9.31 Å². The van der Waals surface area contributed by atoms with Crippen LogP contribution in [-0.4, -0.2) is 25.3 Å². The Balaban J connectivity index is 2.00. The molecule has 0 unspecified atom stereocenters. The summed E-state index contributed by atoms with van der Waals surface area (Å²) in [5, 5.41) is 12.9. The molecule has 0 atom stereocenters. The number of benzene rings is 1. The molecule has 0 radical (unpaired) electrons. The SMILES string of the molecule is O=C(O)c1ccc(Cn2ccn3nccc3c2=O)c(Br)c1. The number of hydrogen-bond acceptors (Lipinski definition) is 3. The number of carboxylic acids is 1. The van der Waals surface area contributed by atoms with Crippen LogP contribution in [0.5, 0.6) is 0 Å². The van der Waals surface area contributed by atoms with Gasteiger partial charge in [0.1, 0.15) is 5.52 Å². The molecule has 0 saturated heterocycles. The van der Waals surface area contributed by atoms with Crippen molar-refractivity contribution in [3.8, 4) is 0 Å². The van der Waals surface area contributed by atoms with E-state index in [-0.39, 0.29) is 11.1 Å². The number of aromatic nitrogens is 3. The lowest BCUT2D eigenvalue weighted by atomic mass is 10.1. The van der Waals surface area contributed by atoms with Gasteiger partial charge in [-0.1, -0.05) is 22.0 Å². The van der Waals surface area contributed by atoms with E-state index in [1.807, 2.05) is 0 Å². The van der Waals surface area contributed by atoms with Crippen molar-refractivity contribution in [3.63, 3.8) is 0 Å². The first-order valence-electron chi connectivity index (χ1n) is 6.11. The summed E-state index contributed by atoms with van der Waals surface area (Å²) in [7, 11) is 0. The summed E-state index contributed by atoms with van der Waals surface area (Å²) in [5.41, 5.74) is 1.37. The first-order chi connectivity index (χ1) is 10.1. The number of aromatic carboxylic acids is 1. The average molecular weight is 348 g/mol. The first-order valence-corrected chi connectivity index (χ1v) is 6.90. The van der Waals surface area contributed by atoms with Crippen molar-refractivity contribution < 1.29 is 9.90 Å². The minimum atomic E-state index is -0.986. The van der Waals surface area contributed by atoms with E-state index in [1.165, 1.54) is 16.6 Å². The minimum Gasteiger partial charge on any atom is -0.478 e. The molecule has 2 heterocycles. The summed E-state index contributed by atoms with van der Waals surface area (Å²) in [6.45, 7) is 0.348. The number of fused-ring (bicyclic) bond motifs is 1. The molecule has 0 aliphatic heterocycles. The van der Waals surface area contributed by atoms with E-state index in [4.69, 9.17) is 5.11 Å². The Hall–Kier alpha value is -2.41. The van der Waals surface area contributed by atoms with Crippen LogP contribution in [0.25, 0.3) is 5.52 Å². The third-order valence-corrected chi connectivity index (χ3v) is 3.92. The molecule has 0 aliphatic rings. The fraction of sp³-hybridized carbons (Fsp3) is 0.0714. The van der Waals surface area contributed by atoms with Gasteiger partial charge in [0.05, 0.1) is 18.3 Å². The Bertz CT molecular complexity index is 898. The monoisotopic (exact) mass is 347 g/mol. The zero-order valence-corrected chi connectivity index (χ0v) is 12.3. The number of nitrogens with zero attached hydrogens (tertiary/aromatic N) is 3. The number of halogens is 1. The second kappa shape index (κ2) is 5.17. The van der Waals surface area contributed by atoms with Crippen molar-refractivity contribution in [1.82, 2.24) is 14.2 Å². The molecule has 6 nitrogen and oxygen atoms in total. The summed E-state index contributed by atoms with van der Waals surface area (Å²) in [6, 6.07) is 6.40. The molecule has 0 amide bonds. The fourth-order valence-corrected chi connectivity index (χ4v) is 2.58. The van der Waals surface area contributed by atoms with Gasteiger partial charge in [0.25, 0.3) is 5.56 Å². The van der Waals surface area contributed by atoms with Crippen LogP contribution in [0.1, 0.15) is 15.9 Å². The van der Waals surface area contributed by atoms with E-state index in [1.54, 1.807) is 35.3 Å². The Morgan fingerprint density at radius 3 is 2.81 bits per heavy atom. The topological polar surface area (TPSA) is 76.6 Å². The standard InChI is InChI=1S/C14H10BrN3O3/c15-11-7-9(14(20)21)1-2-10(11)8-17-5-6-18-12(13(17)19)3-4-16-18/h1-7H,8H2,(H,20,21). The van der Waals surface area contributed by atoms with Gasteiger partial charge >= 0.3 is 5.97 Å². The molecular formula is C14H10BrN3O3. The average Bonchev–Trinajstić information content (AvgIpc) is 2.93.